The first-order chi connectivity index (χ1) is 11.0. The van der Waals surface area contributed by atoms with Gasteiger partial charge in [-0.2, -0.15) is 0 Å². The van der Waals surface area contributed by atoms with Crippen molar-refractivity contribution in [2.75, 3.05) is 6.26 Å². The molecule has 1 aromatic heterocycles. The van der Waals surface area contributed by atoms with Gasteiger partial charge in [-0.15, -0.1) is 11.8 Å². The van der Waals surface area contributed by atoms with Crippen molar-refractivity contribution in [3.8, 4) is 11.3 Å². The van der Waals surface area contributed by atoms with Gasteiger partial charge in [-0.25, -0.2) is 9.78 Å². The first-order valence-corrected chi connectivity index (χ1v) is 8.52. The average molecular weight is 323 g/mol. The molecule has 0 fully saturated rings. The minimum atomic E-state index is -0.928. The minimum absolute atomic E-state index is 0.294. The molecular weight excluding hydrogens is 306 g/mol. The van der Waals surface area contributed by atoms with Gasteiger partial charge in [-0.05, 0) is 61.6 Å². The zero-order valence-corrected chi connectivity index (χ0v) is 14.1. The summed E-state index contributed by atoms with van der Waals surface area (Å²) in [4.78, 5) is 17.5. The number of hydrogen-bond acceptors (Lipinski definition) is 3. The first kappa shape index (κ1) is 15.6. The van der Waals surface area contributed by atoms with Crippen LogP contribution in [0, 0.1) is 13.8 Å². The molecule has 23 heavy (non-hydrogen) atoms. The maximum atomic E-state index is 11.7. The third-order valence-corrected chi connectivity index (χ3v) is 4.78. The van der Waals surface area contributed by atoms with Crippen LogP contribution in [0.2, 0.25) is 0 Å². The number of benzene rings is 2. The Morgan fingerprint density at radius 3 is 2.30 bits per heavy atom. The Morgan fingerprint density at radius 2 is 1.70 bits per heavy atom. The second-order valence-electron chi connectivity index (χ2n) is 5.54. The van der Waals surface area contributed by atoms with E-state index in [-0.39, 0.29) is 0 Å². The molecule has 0 saturated heterocycles. The molecule has 0 atom stereocenters. The zero-order valence-electron chi connectivity index (χ0n) is 13.3. The fourth-order valence-electron chi connectivity index (χ4n) is 2.57. The largest absolute Gasteiger partial charge is 0.478 e. The van der Waals surface area contributed by atoms with Crippen molar-refractivity contribution in [1.29, 1.82) is 0 Å². The molecule has 0 aliphatic rings. The second-order valence-corrected chi connectivity index (χ2v) is 6.42. The fourth-order valence-corrected chi connectivity index (χ4v) is 2.98. The summed E-state index contributed by atoms with van der Waals surface area (Å²) in [5, 5.41) is 10.3. The molecule has 3 nitrogen and oxygen atoms in total. The molecule has 2 aromatic carbocycles. The fraction of sp³-hybridized carbons (Fsp3) is 0.158. The summed E-state index contributed by atoms with van der Waals surface area (Å²) in [5.41, 5.74) is 4.80. The lowest BCUT2D eigenvalue weighted by atomic mass is 10.00. The Labute approximate surface area is 139 Å². The highest BCUT2D eigenvalue weighted by Gasteiger charge is 2.14. The topological polar surface area (TPSA) is 50.2 Å². The molecule has 1 heterocycles. The molecule has 4 heteroatoms. The van der Waals surface area contributed by atoms with Gasteiger partial charge in [0.15, 0.2) is 0 Å². The van der Waals surface area contributed by atoms with Crippen LogP contribution in [0.3, 0.4) is 0 Å². The van der Waals surface area contributed by atoms with Gasteiger partial charge in [-0.3, -0.25) is 0 Å². The zero-order chi connectivity index (χ0) is 16.6. The number of thioether (sulfide) groups is 1. The van der Waals surface area contributed by atoms with Gasteiger partial charge in [0.05, 0.1) is 16.8 Å². The number of nitrogens with zero attached hydrogens (tertiary/aromatic N) is 1. The number of fused-ring (bicyclic) bond motifs is 1. The van der Waals surface area contributed by atoms with E-state index in [4.69, 9.17) is 0 Å². The Kier molecular flexibility index (Phi) is 4.09. The van der Waals surface area contributed by atoms with Gasteiger partial charge in [0, 0.05) is 15.8 Å². The van der Waals surface area contributed by atoms with Gasteiger partial charge in [0.2, 0.25) is 0 Å². The van der Waals surface area contributed by atoms with Crippen LogP contribution < -0.4 is 0 Å². The highest BCUT2D eigenvalue weighted by Crippen LogP contribution is 2.28. The third kappa shape index (κ3) is 2.94. The van der Waals surface area contributed by atoms with E-state index >= 15 is 0 Å². The van der Waals surface area contributed by atoms with Crippen molar-refractivity contribution in [3.63, 3.8) is 0 Å². The Balaban J connectivity index is 2.25. The summed E-state index contributed by atoms with van der Waals surface area (Å²) in [6, 6.07) is 13.5. The van der Waals surface area contributed by atoms with Crippen molar-refractivity contribution in [3.05, 3.63) is 59.2 Å². The lowest BCUT2D eigenvalue weighted by Crippen LogP contribution is -2.01. The highest BCUT2D eigenvalue weighted by atomic mass is 32.2. The van der Waals surface area contributed by atoms with E-state index in [1.54, 1.807) is 17.8 Å². The number of carbonyl (C=O) groups is 1. The predicted molar refractivity (Wildman–Crippen MR) is 95.4 cm³/mol. The summed E-state index contributed by atoms with van der Waals surface area (Å²) in [7, 11) is 0. The highest BCUT2D eigenvalue weighted by molar-refractivity contribution is 7.98. The van der Waals surface area contributed by atoms with Gasteiger partial charge < -0.3 is 5.11 Å². The van der Waals surface area contributed by atoms with Crippen LogP contribution in [-0.4, -0.2) is 22.3 Å². The number of hydrogen-bond donors (Lipinski definition) is 1. The summed E-state index contributed by atoms with van der Waals surface area (Å²) < 4.78 is 0. The number of aromatic carboxylic acids is 1. The Morgan fingerprint density at radius 1 is 1.04 bits per heavy atom. The van der Waals surface area contributed by atoms with Crippen molar-refractivity contribution in [2.45, 2.75) is 18.7 Å². The smallest absolute Gasteiger partial charge is 0.336 e. The van der Waals surface area contributed by atoms with Crippen LogP contribution in [0.25, 0.3) is 22.2 Å². The molecule has 3 aromatic rings. The molecule has 1 N–H and O–H groups in total. The summed E-state index contributed by atoms with van der Waals surface area (Å²) in [6.45, 7) is 3.99. The quantitative estimate of drug-likeness (QED) is 0.694. The number of carboxylic acid groups (broad SMARTS) is 1. The van der Waals surface area contributed by atoms with Crippen LogP contribution >= 0.6 is 11.8 Å². The molecule has 0 aliphatic carbocycles. The molecule has 0 radical (unpaired) electrons. The number of carboxylic acids is 1. The van der Waals surface area contributed by atoms with E-state index < -0.39 is 5.97 Å². The summed E-state index contributed by atoms with van der Waals surface area (Å²) >= 11 is 1.67. The van der Waals surface area contributed by atoms with Crippen LogP contribution in [0.15, 0.2) is 47.4 Å². The van der Waals surface area contributed by atoms with E-state index in [1.807, 2.05) is 56.5 Å². The van der Waals surface area contributed by atoms with Gasteiger partial charge in [0.25, 0.3) is 0 Å². The van der Waals surface area contributed by atoms with Crippen LogP contribution in [-0.2, 0) is 0 Å². The first-order valence-electron chi connectivity index (χ1n) is 7.29. The third-order valence-electron chi connectivity index (χ3n) is 4.04. The molecule has 0 unspecified atom stereocenters. The van der Waals surface area contributed by atoms with E-state index in [0.717, 1.165) is 22.2 Å². The molecule has 0 spiro atoms. The SMILES string of the molecule is CSc1ccc(-c2cc(C(=O)O)c3cc(C)c(C)cc3n2)cc1. The van der Waals surface area contributed by atoms with Crippen LogP contribution in [0.4, 0.5) is 0 Å². The number of aromatic nitrogens is 1. The minimum Gasteiger partial charge on any atom is -0.478 e. The van der Waals surface area contributed by atoms with Crippen LogP contribution in [0.5, 0.6) is 0 Å². The lowest BCUT2D eigenvalue weighted by molar-refractivity contribution is 0.0699. The Hall–Kier alpha value is -2.33. The summed E-state index contributed by atoms with van der Waals surface area (Å²) in [5.74, 6) is -0.928. The molecular formula is C19H17NO2S. The van der Waals surface area contributed by atoms with E-state index in [2.05, 4.69) is 4.98 Å². The molecule has 3 rings (SSSR count). The normalized spacial score (nSPS) is 10.9. The molecule has 0 bridgehead atoms. The summed E-state index contributed by atoms with van der Waals surface area (Å²) in [6.07, 6.45) is 2.02. The standard InChI is InChI=1S/C19H17NO2S/c1-11-8-15-16(19(21)22)10-17(20-18(15)9-12(11)2)13-4-6-14(23-3)7-5-13/h4-10H,1-3H3,(H,21,22). The lowest BCUT2D eigenvalue weighted by Gasteiger charge is -2.10. The van der Waals surface area contributed by atoms with Crippen molar-refractivity contribution >= 4 is 28.6 Å². The van der Waals surface area contributed by atoms with E-state index in [1.165, 1.54) is 4.90 Å². The van der Waals surface area contributed by atoms with E-state index in [0.29, 0.717) is 16.6 Å². The maximum Gasteiger partial charge on any atom is 0.336 e. The predicted octanol–water partition coefficient (Wildman–Crippen LogP) is 4.94. The van der Waals surface area contributed by atoms with Gasteiger partial charge in [-0.1, -0.05) is 12.1 Å². The van der Waals surface area contributed by atoms with Gasteiger partial charge in [0.1, 0.15) is 0 Å². The molecule has 0 saturated carbocycles. The van der Waals surface area contributed by atoms with Crippen molar-refractivity contribution < 1.29 is 9.90 Å². The van der Waals surface area contributed by atoms with E-state index in [9.17, 15) is 9.90 Å². The van der Waals surface area contributed by atoms with Crippen LogP contribution in [0.1, 0.15) is 21.5 Å². The molecule has 0 aliphatic heterocycles. The van der Waals surface area contributed by atoms with Crippen molar-refractivity contribution in [1.82, 2.24) is 4.98 Å². The average Bonchev–Trinajstić information content (AvgIpc) is 2.55. The number of rotatable bonds is 3. The molecule has 0 amide bonds. The van der Waals surface area contributed by atoms with Gasteiger partial charge >= 0.3 is 5.97 Å². The number of aryl methyl sites for hydroxylation is 2. The van der Waals surface area contributed by atoms with Crippen molar-refractivity contribution in [2.24, 2.45) is 0 Å². The second kappa shape index (κ2) is 6.05. The number of pyridine rings is 1. The Bertz CT molecular complexity index is 901. The molecule has 116 valence electrons. The monoisotopic (exact) mass is 323 g/mol. The maximum absolute atomic E-state index is 11.7.